The van der Waals surface area contributed by atoms with E-state index in [1.807, 2.05) is 42.2 Å². The third kappa shape index (κ3) is 5.17. The smallest absolute Gasteiger partial charge is 0.237 e. The zero-order valence-electron chi connectivity index (χ0n) is 15.9. The molecule has 0 saturated carbocycles. The van der Waals surface area contributed by atoms with E-state index in [0.717, 1.165) is 17.2 Å². The van der Waals surface area contributed by atoms with Gasteiger partial charge in [-0.2, -0.15) is 0 Å². The molecule has 27 heavy (non-hydrogen) atoms. The predicted octanol–water partition coefficient (Wildman–Crippen LogP) is 1.37. The number of amides is 2. The van der Waals surface area contributed by atoms with Crippen LogP contribution in [0.5, 0.6) is 0 Å². The number of aromatic nitrogens is 1. The molecule has 1 saturated heterocycles. The third-order valence-electron chi connectivity index (χ3n) is 4.82. The van der Waals surface area contributed by atoms with Crippen LogP contribution in [0.15, 0.2) is 40.9 Å². The summed E-state index contributed by atoms with van der Waals surface area (Å²) in [4.78, 5) is 33.0. The van der Waals surface area contributed by atoms with Gasteiger partial charge >= 0.3 is 0 Å². The molecule has 3 rings (SSSR count). The van der Waals surface area contributed by atoms with Gasteiger partial charge in [0.25, 0.3) is 0 Å². The maximum absolute atomic E-state index is 12.7. The van der Waals surface area contributed by atoms with Crippen molar-refractivity contribution in [3.63, 3.8) is 0 Å². The zero-order valence-corrected chi connectivity index (χ0v) is 15.9. The fourth-order valence-electron chi connectivity index (χ4n) is 3.22. The first kappa shape index (κ1) is 19.1. The Balaban J connectivity index is 1.58. The highest BCUT2D eigenvalue weighted by Crippen LogP contribution is 2.16. The Morgan fingerprint density at radius 2 is 2.22 bits per heavy atom. The van der Waals surface area contributed by atoms with Crippen molar-refractivity contribution in [2.45, 2.75) is 32.4 Å². The topological polar surface area (TPSA) is 78.7 Å². The van der Waals surface area contributed by atoms with Gasteiger partial charge in [-0.05, 0) is 31.2 Å². The number of pyridine rings is 1. The summed E-state index contributed by atoms with van der Waals surface area (Å²) in [5.41, 5.74) is 0.947. The van der Waals surface area contributed by atoms with Crippen LogP contribution in [0.25, 0.3) is 0 Å². The molecule has 1 aliphatic heterocycles. The second kappa shape index (κ2) is 8.81. The molecule has 1 fully saturated rings. The van der Waals surface area contributed by atoms with Crippen molar-refractivity contribution in [1.29, 1.82) is 0 Å². The van der Waals surface area contributed by atoms with E-state index in [9.17, 15) is 9.59 Å². The standard InChI is InChI=1S/C20H26N4O3/c1-15-6-7-17(27-15)14-24-12-10-22-20(26)18(24)13-19(25)23(2)11-8-16-5-3-4-9-21-16/h3-7,9,18H,8,10-14H2,1-2H3,(H,22,26). The summed E-state index contributed by atoms with van der Waals surface area (Å²) in [5.74, 6) is 1.50. The molecule has 1 aliphatic rings. The zero-order chi connectivity index (χ0) is 19.2. The predicted molar refractivity (Wildman–Crippen MR) is 101 cm³/mol. The van der Waals surface area contributed by atoms with Gasteiger partial charge in [0.05, 0.1) is 19.0 Å². The van der Waals surface area contributed by atoms with Crippen molar-refractivity contribution < 1.29 is 14.0 Å². The number of carbonyl (C=O) groups excluding carboxylic acids is 2. The number of nitrogens with zero attached hydrogens (tertiary/aromatic N) is 3. The molecule has 1 atom stereocenters. The lowest BCUT2D eigenvalue weighted by atomic mass is 10.1. The van der Waals surface area contributed by atoms with Crippen LogP contribution < -0.4 is 5.32 Å². The Bertz CT molecular complexity index is 775. The Kier molecular flexibility index (Phi) is 6.24. The van der Waals surface area contributed by atoms with Gasteiger partial charge in [-0.3, -0.25) is 19.5 Å². The second-order valence-corrected chi connectivity index (χ2v) is 6.88. The van der Waals surface area contributed by atoms with Gasteiger partial charge in [0.2, 0.25) is 11.8 Å². The molecule has 2 aromatic rings. The quantitative estimate of drug-likeness (QED) is 0.797. The molecular weight excluding hydrogens is 344 g/mol. The minimum atomic E-state index is -0.478. The average molecular weight is 370 g/mol. The molecule has 1 N–H and O–H groups in total. The number of furan rings is 1. The molecule has 0 aromatic carbocycles. The lowest BCUT2D eigenvalue weighted by Gasteiger charge is -2.34. The van der Waals surface area contributed by atoms with Crippen LogP contribution in [0.2, 0.25) is 0 Å². The highest BCUT2D eigenvalue weighted by molar-refractivity contribution is 5.88. The maximum atomic E-state index is 12.7. The molecule has 2 amide bonds. The van der Waals surface area contributed by atoms with Crippen molar-refractivity contribution in [3.8, 4) is 0 Å². The minimum Gasteiger partial charge on any atom is -0.465 e. The van der Waals surface area contributed by atoms with E-state index >= 15 is 0 Å². The van der Waals surface area contributed by atoms with Crippen molar-refractivity contribution >= 4 is 11.8 Å². The maximum Gasteiger partial charge on any atom is 0.237 e. The van der Waals surface area contributed by atoms with Gasteiger partial charge in [-0.25, -0.2) is 0 Å². The highest BCUT2D eigenvalue weighted by Gasteiger charge is 2.32. The molecule has 7 nitrogen and oxygen atoms in total. The summed E-state index contributed by atoms with van der Waals surface area (Å²) in [6.45, 7) is 4.27. The first-order chi connectivity index (χ1) is 13.0. The molecule has 0 bridgehead atoms. The molecule has 2 aromatic heterocycles. The lowest BCUT2D eigenvalue weighted by Crippen LogP contribution is -2.56. The van der Waals surface area contributed by atoms with Crippen LogP contribution in [0.3, 0.4) is 0 Å². The van der Waals surface area contributed by atoms with Gasteiger partial charge in [-0.1, -0.05) is 6.07 Å². The van der Waals surface area contributed by atoms with E-state index < -0.39 is 6.04 Å². The normalized spacial score (nSPS) is 17.6. The SMILES string of the molecule is Cc1ccc(CN2CCNC(=O)C2CC(=O)N(C)CCc2ccccn2)o1. The average Bonchev–Trinajstić information content (AvgIpc) is 3.08. The van der Waals surface area contributed by atoms with E-state index in [2.05, 4.69) is 10.3 Å². The van der Waals surface area contributed by atoms with E-state index in [1.54, 1.807) is 18.1 Å². The van der Waals surface area contributed by atoms with Crippen LogP contribution in [0.1, 0.15) is 23.6 Å². The number of aryl methyl sites for hydroxylation is 1. The Hall–Kier alpha value is -2.67. The van der Waals surface area contributed by atoms with E-state index in [0.29, 0.717) is 32.6 Å². The first-order valence-electron chi connectivity index (χ1n) is 9.24. The summed E-state index contributed by atoms with van der Waals surface area (Å²) in [6.07, 6.45) is 2.59. The van der Waals surface area contributed by atoms with Crippen LogP contribution in [0, 0.1) is 6.92 Å². The van der Waals surface area contributed by atoms with Crippen molar-refractivity contribution in [3.05, 3.63) is 53.7 Å². The Morgan fingerprint density at radius 1 is 1.37 bits per heavy atom. The number of rotatable bonds is 7. The molecule has 3 heterocycles. The third-order valence-corrected chi connectivity index (χ3v) is 4.82. The fourth-order valence-corrected chi connectivity index (χ4v) is 3.22. The van der Waals surface area contributed by atoms with Crippen LogP contribution in [-0.4, -0.2) is 59.3 Å². The number of likely N-dealkylation sites (N-methyl/N-ethyl adjacent to an activating group) is 1. The van der Waals surface area contributed by atoms with Crippen LogP contribution >= 0.6 is 0 Å². The summed E-state index contributed by atoms with van der Waals surface area (Å²) in [7, 11) is 1.77. The van der Waals surface area contributed by atoms with E-state index in [4.69, 9.17) is 4.42 Å². The summed E-state index contributed by atoms with van der Waals surface area (Å²) >= 11 is 0. The van der Waals surface area contributed by atoms with E-state index in [1.165, 1.54) is 0 Å². The molecule has 0 spiro atoms. The second-order valence-electron chi connectivity index (χ2n) is 6.88. The number of carbonyl (C=O) groups is 2. The molecule has 144 valence electrons. The van der Waals surface area contributed by atoms with Crippen molar-refractivity contribution in [2.24, 2.45) is 0 Å². The number of hydrogen-bond acceptors (Lipinski definition) is 5. The summed E-state index contributed by atoms with van der Waals surface area (Å²) in [6, 6.07) is 9.10. The minimum absolute atomic E-state index is 0.0476. The molecule has 0 aliphatic carbocycles. The molecule has 1 unspecified atom stereocenters. The molecular formula is C20H26N4O3. The van der Waals surface area contributed by atoms with Crippen molar-refractivity contribution in [1.82, 2.24) is 20.1 Å². The number of hydrogen-bond donors (Lipinski definition) is 1. The van der Waals surface area contributed by atoms with Gasteiger partial charge in [-0.15, -0.1) is 0 Å². The lowest BCUT2D eigenvalue weighted by molar-refractivity contribution is -0.138. The van der Waals surface area contributed by atoms with Gasteiger partial charge in [0, 0.05) is 45.0 Å². The van der Waals surface area contributed by atoms with E-state index in [-0.39, 0.29) is 18.2 Å². The Labute approximate surface area is 159 Å². The van der Waals surface area contributed by atoms with Gasteiger partial charge in [0.1, 0.15) is 11.5 Å². The summed E-state index contributed by atoms with van der Waals surface area (Å²) in [5, 5.41) is 2.86. The van der Waals surface area contributed by atoms with Gasteiger partial charge < -0.3 is 14.6 Å². The summed E-state index contributed by atoms with van der Waals surface area (Å²) < 4.78 is 5.63. The Morgan fingerprint density at radius 3 is 2.93 bits per heavy atom. The van der Waals surface area contributed by atoms with Crippen LogP contribution in [-0.2, 0) is 22.6 Å². The first-order valence-corrected chi connectivity index (χ1v) is 9.24. The monoisotopic (exact) mass is 370 g/mol. The highest BCUT2D eigenvalue weighted by atomic mass is 16.3. The van der Waals surface area contributed by atoms with Crippen LogP contribution in [0.4, 0.5) is 0 Å². The number of nitrogens with one attached hydrogen (secondary N) is 1. The molecule has 7 heteroatoms. The largest absolute Gasteiger partial charge is 0.465 e. The van der Waals surface area contributed by atoms with Crippen molar-refractivity contribution in [2.75, 3.05) is 26.7 Å². The number of piperazine rings is 1. The molecule has 0 radical (unpaired) electrons. The van der Waals surface area contributed by atoms with Gasteiger partial charge in [0.15, 0.2) is 0 Å². The fraction of sp³-hybridized carbons (Fsp3) is 0.450.